The number of amides is 1. The Labute approximate surface area is 250 Å². The van der Waals surface area contributed by atoms with Gasteiger partial charge in [0.25, 0.3) is 5.91 Å². The fourth-order valence-electron chi connectivity index (χ4n) is 4.75. The number of thiophene rings is 1. The molecule has 0 saturated carbocycles. The van der Waals surface area contributed by atoms with E-state index < -0.39 is 23.4 Å². The Morgan fingerprint density at radius 2 is 1.67 bits per heavy atom. The third-order valence-corrected chi connectivity index (χ3v) is 7.90. The third kappa shape index (κ3) is 5.44. The average molecular weight is 598 g/mol. The van der Waals surface area contributed by atoms with Gasteiger partial charge in [0.2, 0.25) is 11.2 Å². The second kappa shape index (κ2) is 11.7. The van der Waals surface area contributed by atoms with E-state index in [1.165, 1.54) is 25.4 Å². The van der Waals surface area contributed by atoms with Crippen molar-refractivity contribution in [3.8, 4) is 39.7 Å². The Morgan fingerprint density at radius 3 is 2.44 bits per heavy atom. The number of fused-ring (bicyclic) bond motifs is 2. The summed E-state index contributed by atoms with van der Waals surface area (Å²) in [6, 6.07) is 19.7. The molecule has 0 aliphatic carbocycles. The summed E-state index contributed by atoms with van der Waals surface area (Å²) < 4.78 is 28.5. The molecule has 5 aromatic rings. The zero-order chi connectivity index (χ0) is 30.1. The van der Waals surface area contributed by atoms with Crippen LogP contribution in [0.25, 0.3) is 33.4 Å². The highest BCUT2D eigenvalue weighted by Crippen LogP contribution is 2.40. The average Bonchev–Trinajstić information content (AvgIpc) is 3.45. The van der Waals surface area contributed by atoms with Crippen LogP contribution in [0.1, 0.15) is 22.8 Å². The Bertz CT molecular complexity index is 1910. The minimum Gasteiger partial charge on any atom is -0.486 e. The number of nitrogens with one attached hydrogen (secondary N) is 1. The van der Waals surface area contributed by atoms with Crippen LogP contribution in [0.5, 0.6) is 17.2 Å². The summed E-state index contributed by atoms with van der Waals surface area (Å²) in [5.41, 5.74) is 3.12. The number of carbonyl (C=O) groups is 2. The van der Waals surface area contributed by atoms with Crippen molar-refractivity contribution < 1.29 is 33.0 Å². The van der Waals surface area contributed by atoms with E-state index in [-0.39, 0.29) is 22.1 Å². The summed E-state index contributed by atoms with van der Waals surface area (Å²) in [6.07, 6.45) is -1.13. The summed E-state index contributed by atoms with van der Waals surface area (Å²) in [7, 11) is 1.27. The highest BCUT2D eigenvalue weighted by Gasteiger charge is 2.27. The van der Waals surface area contributed by atoms with E-state index in [0.29, 0.717) is 52.4 Å². The van der Waals surface area contributed by atoms with E-state index in [1.807, 2.05) is 37.3 Å². The monoisotopic (exact) mass is 597 g/mol. The van der Waals surface area contributed by atoms with Gasteiger partial charge in [-0.2, -0.15) is 0 Å². The van der Waals surface area contributed by atoms with Crippen molar-refractivity contribution in [1.82, 2.24) is 0 Å². The van der Waals surface area contributed by atoms with Crippen LogP contribution in [-0.2, 0) is 9.53 Å². The first kappa shape index (κ1) is 28.0. The fourth-order valence-corrected chi connectivity index (χ4v) is 5.71. The zero-order valence-electron chi connectivity index (χ0n) is 23.6. The fraction of sp³-hybridized carbons (Fsp3) is 0.182. The molecule has 6 rings (SSSR count). The molecule has 0 spiro atoms. The predicted octanol–water partition coefficient (Wildman–Crippen LogP) is 6.46. The van der Waals surface area contributed by atoms with Gasteiger partial charge in [0.15, 0.2) is 23.4 Å². The minimum atomic E-state index is -1.13. The van der Waals surface area contributed by atoms with Gasteiger partial charge in [0, 0.05) is 16.5 Å². The van der Waals surface area contributed by atoms with Crippen LogP contribution in [0.2, 0.25) is 0 Å². The molecular formula is C33H27NO8S. The summed E-state index contributed by atoms with van der Waals surface area (Å²) in [4.78, 5) is 39.9. The molecule has 1 amide bonds. The second-order valence-corrected chi connectivity index (χ2v) is 10.8. The number of para-hydroxylation sites is 1. The summed E-state index contributed by atoms with van der Waals surface area (Å²) >= 11 is 1.17. The second-order valence-electron chi connectivity index (χ2n) is 9.90. The van der Waals surface area contributed by atoms with Crippen LogP contribution < -0.4 is 25.0 Å². The van der Waals surface area contributed by atoms with Gasteiger partial charge in [-0.1, -0.05) is 48.0 Å². The molecule has 0 radical (unpaired) electrons. The number of esters is 1. The van der Waals surface area contributed by atoms with Crippen molar-refractivity contribution in [1.29, 1.82) is 0 Å². The molecule has 218 valence electrons. The molecule has 0 bridgehead atoms. The lowest BCUT2D eigenvalue weighted by Crippen LogP contribution is -2.32. The molecular weight excluding hydrogens is 570 g/mol. The molecule has 10 heteroatoms. The van der Waals surface area contributed by atoms with E-state index in [1.54, 1.807) is 41.8 Å². The van der Waals surface area contributed by atoms with E-state index in [4.69, 9.17) is 23.4 Å². The van der Waals surface area contributed by atoms with Gasteiger partial charge in [-0.15, -0.1) is 11.3 Å². The first-order valence-electron chi connectivity index (χ1n) is 13.5. The molecule has 3 heterocycles. The molecule has 43 heavy (non-hydrogen) atoms. The van der Waals surface area contributed by atoms with E-state index >= 15 is 0 Å². The molecule has 1 aliphatic heterocycles. The van der Waals surface area contributed by atoms with Crippen LogP contribution in [0, 0.1) is 6.92 Å². The van der Waals surface area contributed by atoms with Gasteiger partial charge in [0.05, 0.1) is 12.5 Å². The van der Waals surface area contributed by atoms with Gasteiger partial charge in [0.1, 0.15) is 29.4 Å². The lowest BCUT2D eigenvalue weighted by Gasteiger charge is -2.19. The number of carbonyl (C=O) groups excluding carboxylic acids is 2. The van der Waals surface area contributed by atoms with E-state index in [9.17, 15) is 14.4 Å². The Balaban J connectivity index is 1.32. The van der Waals surface area contributed by atoms with Crippen LogP contribution in [0.4, 0.5) is 5.00 Å². The first-order chi connectivity index (χ1) is 20.8. The maximum absolute atomic E-state index is 13.6. The minimum absolute atomic E-state index is 0.0819. The predicted molar refractivity (Wildman–Crippen MR) is 163 cm³/mol. The van der Waals surface area contributed by atoms with Crippen molar-refractivity contribution in [3.05, 3.63) is 93.5 Å². The quantitative estimate of drug-likeness (QED) is 0.213. The number of methoxy groups -OCH3 is 1. The van der Waals surface area contributed by atoms with Crippen molar-refractivity contribution >= 4 is 39.2 Å². The zero-order valence-corrected chi connectivity index (χ0v) is 24.4. The van der Waals surface area contributed by atoms with Crippen LogP contribution in [0.3, 0.4) is 0 Å². The Kier molecular flexibility index (Phi) is 7.60. The number of ether oxygens (including phenoxy) is 4. The first-order valence-corrected chi connectivity index (χ1v) is 14.4. The highest BCUT2D eigenvalue weighted by atomic mass is 32.1. The van der Waals surface area contributed by atoms with Gasteiger partial charge in [-0.05, 0) is 43.7 Å². The summed E-state index contributed by atoms with van der Waals surface area (Å²) in [6.45, 7) is 4.36. The smallest absolute Gasteiger partial charge is 0.341 e. The van der Waals surface area contributed by atoms with E-state index in [2.05, 4.69) is 5.32 Å². The SMILES string of the molecule is COC(=O)c1c(-c2ccc3c(c2)OCCO3)csc1NC(=O)C(C)Oc1c(-c2ccc(C)cc2)oc2ccccc2c1=O. The van der Waals surface area contributed by atoms with Crippen molar-refractivity contribution in [2.75, 3.05) is 25.6 Å². The lowest BCUT2D eigenvalue weighted by atomic mass is 10.0. The molecule has 0 saturated heterocycles. The molecule has 1 N–H and O–H groups in total. The van der Waals surface area contributed by atoms with Gasteiger partial charge in [-0.25, -0.2) is 4.79 Å². The largest absolute Gasteiger partial charge is 0.486 e. The highest BCUT2D eigenvalue weighted by molar-refractivity contribution is 7.15. The molecule has 1 aliphatic rings. The molecule has 0 fully saturated rings. The molecule has 1 unspecified atom stereocenters. The summed E-state index contributed by atoms with van der Waals surface area (Å²) in [5.74, 6) is 0.136. The van der Waals surface area contributed by atoms with Gasteiger partial charge in [-0.3, -0.25) is 9.59 Å². The normalized spacial score (nSPS) is 12.9. The Hall–Kier alpha value is -5.09. The number of rotatable bonds is 7. The number of anilines is 1. The Morgan fingerprint density at radius 1 is 0.953 bits per heavy atom. The van der Waals surface area contributed by atoms with E-state index in [0.717, 1.165) is 5.56 Å². The maximum Gasteiger partial charge on any atom is 0.341 e. The molecule has 3 aromatic carbocycles. The third-order valence-electron chi connectivity index (χ3n) is 7.00. The van der Waals surface area contributed by atoms with Crippen LogP contribution in [-0.4, -0.2) is 38.3 Å². The topological polar surface area (TPSA) is 113 Å². The number of aryl methyl sites for hydroxylation is 1. The van der Waals surface area contributed by atoms with Crippen LogP contribution >= 0.6 is 11.3 Å². The van der Waals surface area contributed by atoms with Gasteiger partial charge >= 0.3 is 5.97 Å². The molecule has 9 nitrogen and oxygen atoms in total. The number of benzene rings is 3. The molecule has 2 aromatic heterocycles. The van der Waals surface area contributed by atoms with Crippen molar-refractivity contribution in [2.45, 2.75) is 20.0 Å². The number of hydrogen-bond donors (Lipinski definition) is 1. The standard InChI is InChI=1S/C33H27NO8S/c1-18-8-10-20(11-9-18)29-30(28(35)22-6-4-5-7-24(22)42-29)41-19(2)31(36)34-32-27(33(37)38-3)23(17-43-32)21-12-13-25-26(16-21)40-15-14-39-25/h4-13,16-17,19H,14-15H2,1-3H3,(H,34,36). The van der Waals surface area contributed by atoms with Crippen LogP contribution in [0.15, 0.2) is 81.3 Å². The lowest BCUT2D eigenvalue weighted by molar-refractivity contribution is -0.122. The maximum atomic E-state index is 13.6. The molecule has 1 atom stereocenters. The van der Waals surface area contributed by atoms with Gasteiger partial charge < -0.3 is 28.7 Å². The summed E-state index contributed by atoms with van der Waals surface area (Å²) in [5, 5.41) is 5.15. The number of hydrogen-bond acceptors (Lipinski definition) is 9. The van der Waals surface area contributed by atoms with Crippen molar-refractivity contribution in [3.63, 3.8) is 0 Å². The van der Waals surface area contributed by atoms with Crippen molar-refractivity contribution in [2.24, 2.45) is 0 Å².